The Morgan fingerprint density at radius 1 is 0.909 bits per heavy atom. The number of ether oxygens (including phenoxy) is 2. The summed E-state index contributed by atoms with van der Waals surface area (Å²) in [6.45, 7) is 7.70. The molecule has 0 aliphatic heterocycles. The van der Waals surface area contributed by atoms with E-state index in [0.717, 1.165) is 16.9 Å². The molecule has 0 heterocycles. The molecule has 0 unspecified atom stereocenters. The average Bonchev–Trinajstić information content (AvgIpc) is 2.75. The van der Waals surface area contributed by atoms with Crippen molar-refractivity contribution < 1.29 is 23.9 Å². The highest BCUT2D eigenvalue weighted by Gasteiger charge is 2.16. The second kappa shape index (κ2) is 12.5. The summed E-state index contributed by atoms with van der Waals surface area (Å²) < 4.78 is 10.7. The van der Waals surface area contributed by atoms with Crippen LogP contribution in [0.1, 0.15) is 44.7 Å². The largest absolute Gasteiger partial charge is 0.494 e. The van der Waals surface area contributed by atoms with Crippen molar-refractivity contribution in [3.63, 3.8) is 0 Å². The normalized spacial score (nSPS) is 10.8. The van der Waals surface area contributed by atoms with Crippen molar-refractivity contribution in [1.82, 2.24) is 10.6 Å². The van der Waals surface area contributed by atoms with Crippen molar-refractivity contribution in [2.24, 2.45) is 0 Å². The van der Waals surface area contributed by atoms with Crippen LogP contribution in [-0.4, -0.2) is 36.7 Å². The van der Waals surface area contributed by atoms with Gasteiger partial charge in [-0.15, -0.1) is 0 Å². The predicted octanol–water partition coefficient (Wildman–Crippen LogP) is 3.93. The van der Waals surface area contributed by atoms with Gasteiger partial charge in [-0.2, -0.15) is 0 Å². The quantitative estimate of drug-likeness (QED) is 0.471. The van der Waals surface area contributed by atoms with E-state index in [-0.39, 0.29) is 24.9 Å². The minimum Gasteiger partial charge on any atom is -0.494 e. The molecule has 8 nitrogen and oxygen atoms in total. The third kappa shape index (κ3) is 10.5. The number of benzene rings is 2. The van der Waals surface area contributed by atoms with Gasteiger partial charge in [-0.3, -0.25) is 9.59 Å². The summed E-state index contributed by atoms with van der Waals surface area (Å²) in [5, 5.41) is 8.02. The highest BCUT2D eigenvalue weighted by molar-refractivity contribution is 5.91. The van der Waals surface area contributed by atoms with Crippen LogP contribution in [0.4, 0.5) is 10.5 Å². The third-order valence-corrected chi connectivity index (χ3v) is 4.40. The zero-order chi connectivity index (χ0) is 24.3. The average molecular weight is 456 g/mol. The number of hydrogen-bond acceptors (Lipinski definition) is 5. The molecule has 0 fully saturated rings. The second-order valence-corrected chi connectivity index (χ2v) is 8.60. The molecule has 0 aromatic heterocycles. The van der Waals surface area contributed by atoms with Crippen LogP contribution in [0.25, 0.3) is 0 Å². The predicted molar refractivity (Wildman–Crippen MR) is 127 cm³/mol. The van der Waals surface area contributed by atoms with Gasteiger partial charge in [-0.05, 0) is 57.9 Å². The fourth-order valence-electron chi connectivity index (χ4n) is 2.79. The number of anilines is 1. The first kappa shape index (κ1) is 25.7. The zero-order valence-electron chi connectivity index (χ0n) is 19.7. The van der Waals surface area contributed by atoms with E-state index in [1.54, 1.807) is 26.8 Å². The van der Waals surface area contributed by atoms with Crippen LogP contribution in [0.5, 0.6) is 5.75 Å². The van der Waals surface area contributed by atoms with Crippen LogP contribution in [0.2, 0.25) is 0 Å². The fourth-order valence-corrected chi connectivity index (χ4v) is 2.79. The molecule has 8 heteroatoms. The molecule has 33 heavy (non-hydrogen) atoms. The lowest BCUT2D eigenvalue weighted by Crippen LogP contribution is -2.39. The zero-order valence-corrected chi connectivity index (χ0v) is 19.7. The number of carbonyl (C=O) groups excluding carboxylic acids is 3. The highest BCUT2D eigenvalue weighted by atomic mass is 16.6. The Morgan fingerprint density at radius 3 is 2.30 bits per heavy atom. The van der Waals surface area contributed by atoms with Crippen LogP contribution in [0.15, 0.2) is 48.5 Å². The molecule has 2 aromatic carbocycles. The maximum atomic E-state index is 12.3. The summed E-state index contributed by atoms with van der Waals surface area (Å²) in [5.41, 5.74) is 1.91. The van der Waals surface area contributed by atoms with Crippen molar-refractivity contribution in [2.75, 3.05) is 18.5 Å². The van der Waals surface area contributed by atoms with Gasteiger partial charge in [0, 0.05) is 18.7 Å². The van der Waals surface area contributed by atoms with E-state index in [2.05, 4.69) is 16.0 Å². The summed E-state index contributed by atoms with van der Waals surface area (Å²) >= 11 is 0. The molecule has 2 aromatic rings. The molecule has 2 rings (SSSR count). The molecule has 0 atom stereocenters. The van der Waals surface area contributed by atoms with Crippen LogP contribution in [-0.2, 0) is 20.9 Å². The Labute approximate surface area is 195 Å². The van der Waals surface area contributed by atoms with E-state index in [1.807, 2.05) is 49.4 Å². The number of hydrogen-bond donors (Lipinski definition) is 3. The molecule has 0 radical (unpaired) electrons. The molecule has 3 N–H and O–H groups in total. The summed E-state index contributed by atoms with van der Waals surface area (Å²) in [6.07, 6.45) is 0.234. The summed E-state index contributed by atoms with van der Waals surface area (Å²) in [6, 6.07) is 15.0. The molecule has 0 bridgehead atoms. The van der Waals surface area contributed by atoms with Crippen LogP contribution in [0, 0.1) is 6.92 Å². The Kier molecular flexibility index (Phi) is 9.72. The van der Waals surface area contributed by atoms with Crippen LogP contribution < -0.4 is 20.7 Å². The van der Waals surface area contributed by atoms with Gasteiger partial charge in [-0.1, -0.05) is 35.9 Å². The lowest BCUT2D eigenvalue weighted by Gasteiger charge is -2.19. The number of nitrogens with one attached hydrogen (secondary N) is 3. The van der Waals surface area contributed by atoms with Crippen LogP contribution in [0.3, 0.4) is 0 Å². The molecule has 0 saturated carbocycles. The van der Waals surface area contributed by atoms with E-state index in [1.165, 1.54) is 0 Å². The first-order chi connectivity index (χ1) is 15.6. The lowest BCUT2D eigenvalue weighted by atomic mass is 10.1. The standard InChI is InChI=1S/C25H33N3O5/c1-18-11-13-20(14-12-18)32-15-7-10-22(29)28-21-9-6-5-8-19(21)16-26-23(30)17-27-24(31)33-25(2,3)4/h5-6,8-9,11-14H,7,10,15-17H2,1-4H3,(H,26,30)(H,27,31)(H,28,29). The Balaban J connectivity index is 1.73. The van der Waals surface area contributed by atoms with E-state index in [4.69, 9.17) is 9.47 Å². The van der Waals surface area contributed by atoms with E-state index < -0.39 is 11.7 Å². The Bertz CT molecular complexity index is 936. The number of rotatable bonds is 10. The smallest absolute Gasteiger partial charge is 0.408 e. The molecule has 0 saturated heterocycles. The van der Waals surface area contributed by atoms with Gasteiger partial charge in [0.25, 0.3) is 0 Å². The van der Waals surface area contributed by atoms with Gasteiger partial charge in [0.2, 0.25) is 11.8 Å². The number of amides is 3. The molecular formula is C25H33N3O5. The van der Waals surface area contributed by atoms with E-state index in [0.29, 0.717) is 25.1 Å². The number of alkyl carbamates (subject to hydrolysis) is 1. The maximum absolute atomic E-state index is 12.3. The molecule has 178 valence electrons. The maximum Gasteiger partial charge on any atom is 0.408 e. The number of carbonyl (C=O) groups is 3. The van der Waals surface area contributed by atoms with Gasteiger partial charge in [0.15, 0.2) is 0 Å². The van der Waals surface area contributed by atoms with Gasteiger partial charge in [0.05, 0.1) is 6.61 Å². The molecule has 0 aliphatic carbocycles. The topological polar surface area (TPSA) is 106 Å². The SMILES string of the molecule is Cc1ccc(OCCCC(=O)Nc2ccccc2CNC(=O)CNC(=O)OC(C)(C)C)cc1. The van der Waals surface area contributed by atoms with E-state index in [9.17, 15) is 14.4 Å². The first-order valence-electron chi connectivity index (χ1n) is 10.9. The molecule has 3 amide bonds. The number of para-hydroxylation sites is 1. The fraction of sp³-hybridized carbons (Fsp3) is 0.400. The van der Waals surface area contributed by atoms with Crippen molar-refractivity contribution >= 4 is 23.6 Å². The van der Waals surface area contributed by atoms with Crippen molar-refractivity contribution in [3.8, 4) is 5.75 Å². The van der Waals surface area contributed by atoms with Crippen molar-refractivity contribution in [1.29, 1.82) is 0 Å². The first-order valence-corrected chi connectivity index (χ1v) is 10.9. The second-order valence-electron chi connectivity index (χ2n) is 8.60. The summed E-state index contributed by atoms with van der Waals surface area (Å²) in [7, 11) is 0. The van der Waals surface area contributed by atoms with Crippen LogP contribution >= 0.6 is 0 Å². The summed E-state index contributed by atoms with van der Waals surface area (Å²) in [4.78, 5) is 36.0. The van der Waals surface area contributed by atoms with E-state index >= 15 is 0 Å². The molecule has 0 spiro atoms. The Morgan fingerprint density at radius 2 is 1.61 bits per heavy atom. The molecular weight excluding hydrogens is 422 g/mol. The van der Waals surface area contributed by atoms with Gasteiger partial charge < -0.3 is 25.4 Å². The summed E-state index contributed by atoms with van der Waals surface area (Å²) in [5.74, 6) is 0.284. The van der Waals surface area contributed by atoms with Gasteiger partial charge >= 0.3 is 6.09 Å². The van der Waals surface area contributed by atoms with Crippen molar-refractivity contribution in [2.45, 2.75) is 52.7 Å². The van der Waals surface area contributed by atoms with Crippen molar-refractivity contribution in [3.05, 3.63) is 59.7 Å². The minimum absolute atomic E-state index is 0.132. The monoisotopic (exact) mass is 455 g/mol. The Hall–Kier alpha value is -3.55. The highest BCUT2D eigenvalue weighted by Crippen LogP contribution is 2.16. The van der Waals surface area contributed by atoms with Gasteiger partial charge in [-0.25, -0.2) is 4.79 Å². The molecule has 0 aliphatic rings. The third-order valence-electron chi connectivity index (χ3n) is 4.40. The minimum atomic E-state index is -0.656. The number of aryl methyl sites for hydroxylation is 1. The lowest BCUT2D eigenvalue weighted by molar-refractivity contribution is -0.120. The van der Waals surface area contributed by atoms with Gasteiger partial charge in [0.1, 0.15) is 17.9 Å².